The van der Waals surface area contributed by atoms with Crippen molar-refractivity contribution >= 4 is 5.97 Å². The zero-order chi connectivity index (χ0) is 21.8. The van der Waals surface area contributed by atoms with E-state index in [0.717, 1.165) is 0 Å². The highest BCUT2D eigenvalue weighted by Gasteiger charge is 2.93. The molecule has 0 aromatic carbocycles. The summed E-state index contributed by atoms with van der Waals surface area (Å²) in [5, 5.41) is 8.07. The van der Waals surface area contributed by atoms with Gasteiger partial charge in [0.2, 0.25) is 0 Å². The third kappa shape index (κ3) is 2.67. The Kier molecular flexibility index (Phi) is 5.47. The second-order valence-corrected chi connectivity index (χ2v) is 4.59. The number of alkyl halides is 14. The van der Waals surface area contributed by atoms with Gasteiger partial charge in [-0.15, -0.1) is 0 Å². The summed E-state index contributed by atoms with van der Waals surface area (Å²) >= 11 is 0. The molecule has 0 bridgehead atoms. The largest absolute Gasteiger partial charge is 0.478 e. The molecular weight excluding hydrogens is 418 g/mol. The highest BCUT2D eigenvalue weighted by Crippen LogP contribution is 2.62. The second-order valence-electron chi connectivity index (χ2n) is 4.59. The number of rotatable bonds is 7. The van der Waals surface area contributed by atoms with Crippen LogP contribution in [0.15, 0.2) is 12.7 Å². The van der Waals surface area contributed by atoms with Crippen LogP contribution in [0.4, 0.5) is 61.5 Å². The van der Waals surface area contributed by atoms with Crippen LogP contribution in [-0.2, 0) is 4.79 Å². The summed E-state index contributed by atoms with van der Waals surface area (Å²) < 4.78 is 179. The summed E-state index contributed by atoms with van der Waals surface area (Å²) in [6.07, 6.45) is -8.89. The summed E-state index contributed by atoms with van der Waals surface area (Å²) in [7, 11) is 0. The molecule has 26 heavy (non-hydrogen) atoms. The third-order valence-corrected chi connectivity index (χ3v) is 2.98. The lowest BCUT2D eigenvalue weighted by atomic mass is 9.85. The van der Waals surface area contributed by atoms with Crippen molar-refractivity contribution in [2.45, 2.75) is 41.5 Å². The van der Waals surface area contributed by atoms with Crippen molar-refractivity contribution in [3.8, 4) is 0 Å². The van der Waals surface area contributed by atoms with Crippen molar-refractivity contribution in [3.05, 3.63) is 12.7 Å². The Balaban J connectivity index is 6.69. The third-order valence-electron chi connectivity index (χ3n) is 2.98. The number of hydrogen-bond donors (Lipinski definition) is 1. The van der Waals surface area contributed by atoms with Crippen molar-refractivity contribution in [2.75, 3.05) is 0 Å². The summed E-state index contributed by atoms with van der Waals surface area (Å²) in [5.74, 6) is -43.7. The van der Waals surface area contributed by atoms with Crippen LogP contribution in [0.3, 0.4) is 0 Å². The van der Waals surface area contributed by atoms with Gasteiger partial charge < -0.3 is 5.11 Å². The maximum atomic E-state index is 13.4. The smallest absolute Gasteiger partial charge is 0.460 e. The number of carboxylic acids is 1. The van der Waals surface area contributed by atoms with E-state index in [9.17, 15) is 66.3 Å². The first-order valence-electron chi connectivity index (χ1n) is 5.52. The molecule has 0 radical (unpaired) electrons. The molecule has 1 atom stereocenters. The first-order valence-corrected chi connectivity index (χ1v) is 5.52. The van der Waals surface area contributed by atoms with Gasteiger partial charge in [0.05, 0.1) is 0 Å². The zero-order valence-electron chi connectivity index (χ0n) is 11.4. The van der Waals surface area contributed by atoms with Gasteiger partial charge in [0.1, 0.15) is 0 Å². The van der Waals surface area contributed by atoms with Gasteiger partial charge in [-0.25, -0.2) is 9.18 Å². The molecule has 0 saturated heterocycles. The van der Waals surface area contributed by atoms with Crippen LogP contribution in [0.5, 0.6) is 0 Å². The predicted octanol–water partition coefficient (Wildman–Crippen LogP) is 4.70. The first-order chi connectivity index (χ1) is 11.0. The quantitative estimate of drug-likeness (QED) is 0.477. The monoisotopic (exact) mass is 422 g/mol. The molecule has 154 valence electrons. The van der Waals surface area contributed by atoms with Crippen molar-refractivity contribution < 1.29 is 71.4 Å². The lowest BCUT2D eigenvalue weighted by molar-refractivity contribution is -0.444. The van der Waals surface area contributed by atoms with Gasteiger partial charge in [0.25, 0.3) is 5.67 Å². The van der Waals surface area contributed by atoms with E-state index in [2.05, 4.69) is 0 Å². The highest BCUT2D eigenvalue weighted by molar-refractivity contribution is 5.81. The minimum atomic E-state index is -8.28. The van der Waals surface area contributed by atoms with E-state index in [-0.39, 0.29) is 0 Å². The van der Waals surface area contributed by atoms with Gasteiger partial charge >= 0.3 is 41.8 Å². The SMILES string of the molecule is C=CC(F)(C(=O)O)C(F)(F)C(F)(F)C(F)(F)C(F)(F)C(F)(F)C(F)(F)F. The molecule has 0 amide bonds. The molecule has 0 aromatic rings. The number of hydrogen-bond acceptors (Lipinski definition) is 1. The summed E-state index contributed by atoms with van der Waals surface area (Å²) in [5.41, 5.74) is -5.94. The van der Waals surface area contributed by atoms with E-state index in [4.69, 9.17) is 5.11 Å². The summed E-state index contributed by atoms with van der Waals surface area (Å²) in [6.45, 7) is 1.94. The zero-order valence-corrected chi connectivity index (χ0v) is 11.4. The topological polar surface area (TPSA) is 37.3 Å². The molecule has 16 heteroatoms. The Morgan fingerprint density at radius 2 is 0.885 bits per heavy atom. The lowest BCUT2D eigenvalue weighted by Crippen LogP contribution is -2.73. The number of carboxylic acid groups (broad SMARTS) is 1. The van der Waals surface area contributed by atoms with Crippen LogP contribution in [0, 0.1) is 0 Å². The molecule has 2 nitrogen and oxygen atoms in total. The number of halogens is 14. The normalized spacial score (nSPS) is 17.6. The van der Waals surface area contributed by atoms with Gasteiger partial charge in [0, 0.05) is 0 Å². The van der Waals surface area contributed by atoms with E-state index < -0.39 is 53.5 Å². The van der Waals surface area contributed by atoms with Crippen molar-refractivity contribution in [3.63, 3.8) is 0 Å². The molecule has 1 unspecified atom stereocenters. The average Bonchev–Trinajstić information content (AvgIpc) is 2.43. The van der Waals surface area contributed by atoms with Crippen LogP contribution in [0.25, 0.3) is 0 Å². The Bertz CT molecular complexity index is 577. The van der Waals surface area contributed by atoms with Gasteiger partial charge in [-0.3, -0.25) is 0 Å². The molecule has 1 N–H and O–H groups in total. The fraction of sp³-hybridized carbons (Fsp3) is 0.700. The molecular formula is C10H4F14O2. The molecule has 0 aliphatic carbocycles. The average molecular weight is 422 g/mol. The van der Waals surface area contributed by atoms with Gasteiger partial charge in [-0.1, -0.05) is 6.58 Å². The van der Waals surface area contributed by atoms with Gasteiger partial charge in [-0.05, 0) is 6.08 Å². The molecule has 0 fully saturated rings. The maximum absolute atomic E-state index is 13.4. The van der Waals surface area contributed by atoms with Crippen LogP contribution in [0.1, 0.15) is 0 Å². The second kappa shape index (κ2) is 5.87. The molecule has 0 rings (SSSR count). The Labute approximate surface area is 133 Å². The summed E-state index contributed by atoms with van der Waals surface area (Å²) in [4.78, 5) is 10.3. The summed E-state index contributed by atoms with van der Waals surface area (Å²) in [6, 6.07) is 0. The molecule has 0 aromatic heterocycles. The van der Waals surface area contributed by atoms with Crippen LogP contribution >= 0.6 is 0 Å². The van der Waals surface area contributed by atoms with Gasteiger partial charge in [-0.2, -0.15) is 57.1 Å². The van der Waals surface area contributed by atoms with Crippen LogP contribution in [-0.4, -0.2) is 52.5 Å². The van der Waals surface area contributed by atoms with E-state index in [1.807, 2.05) is 6.58 Å². The Morgan fingerprint density at radius 1 is 0.615 bits per heavy atom. The van der Waals surface area contributed by atoms with E-state index in [1.54, 1.807) is 0 Å². The minimum absolute atomic E-state index is 1.26. The number of carbonyl (C=O) groups is 1. The Morgan fingerprint density at radius 3 is 1.12 bits per heavy atom. The van der Waals surface area contributed by atoms with Crippen LogP contribution < -0.4 is 0 Å². The fourth-order valence-electron chi connectivity index (χ4n) is 1.35. The van der Waals surface area contributed by atoms with Crippen LogP contribution in [0.2, 0.25) is 0 Å². The van der Waals surface area contributed by atoms with E-state index in [0.29, 0.717) is 0 Å². The lowest BCUT2D eigenvalue weighted by Gasteiger charge is -2.41. The molecule has 0 spiro atoms. The van der Waals surface area contributed by atoms with Crippen molar-refractivity contribution in [1.82, 2.24) is 0 Å². The standard InChI is InChI=1S/C10H4F14O2/c1-2-4(11,3(25)26)5(12,13)6(14,15)7(16,17)8(18,19)9(20,21)10(22,23)24/h2H,1H2,(H,25,26). The molecule has 0 aliphatic heterocycles. The highest BCUT2D eigenvalue weighted by atomic mass is 19.4. The Hall–Kier alpha value is -1.77. The van der Waals surface area contributed by atoms with E-state index in [1.165, 1.54) is 0 Å². The molecule has 0 aliphatic rings. The van der Waals surface area contributed by atoms with Crippen molar-refractivity contribution in [1.29, 1.82) is 0 Å². The first kappa shape index (κ1) is 24.2. The van der Waals surface area contributed by atoms with Gasteiger partial charge in [0.15, 0.2) is 0 Å². The molecule has 0 saturated carbocycles. The van der Waals surface area contributed by atoms with Crippen molar-refractivity contribution in [2.24, 2.45) is 0 Å². The maximum Gasteiger partial charge on any atom is 0.460 e. The number of aliphatic carboxylic acids is 1. The van der Waals surface area contributed by atoms with E-state index >= 15 is 0 Å². The fourth-order valence-corrected chi connectivity index (χ4v) is 1.35. The minimum Gasteiger partial charge on any atom is -0.478 e. The molecule has 0 heterocycles. The predicted molar refractivity (Wildman–Crippen MR) is 52.5 cm³/mol.